The van der Waals surface area contributed by atoms with Gasteiger partial charge in [0.05, 0.1) is 16.2 Å². The number of rotatable bonds is 21. The molecule has 0 aliphatic rings. The average molecular weight is 459 g/mol. The normalized spacial score (nSPS) is 13.8. The van der Waals surface area contributed by atoms with E-state index in [2.05, 4.69) is 6.92 Å². The molecule has 2 atom stereocenters. The third kappa shape index (κ3) is 22.5. The first-order chi connectivity index (χ1) is 13.4. The molecule has 0 saturated heterocycles. The first-order valence-corrected chi connectivity index (χ1v) is 13.5. The van der Waals surface area contributed by atoms with E-state index in [9.17, 15) is 18.1 Å². The Labute approximate surface area is 224 Å². The molecule has 0 fully saturated rings. The topological polar surface area (TPSA) is 77.4 Å². The molecule has 170 valence electrons. The van der Waals surface area contributed by atoms with Crippen molar-refractivity contribution in [2.75, 3.05) is 0 Å². The van der Waals surface area contributed by atoms with Crippen LogP contribution in [0.25, 0.3) is 0 Å². The molecule has 2 unspecified atom stereocenters. The van der Waals surface area contributed by atoms with E-state index in [1.807, 2.05) is 6.92 Å². The van der Waals surface area contributed by atoms with Crippen LogP contribution in [0.1, 0.15) is 136 Å². The van der Waals surface area contributed by atoms with Crippen LogP contribution in [0.4, 0.5) is 0 Å². The summed E-state index contributed by atoms with van der Waals surface area (Å²) in [7, 11) is -4.14. The molecule has 29 heavy (non-hydrogen) atoms. The van der Waals surface area contributed by atoms with Crippen molar-refractivity contribution in [2.45, 2.75) is 147 Å². The molecule has 6 heteroatoms. The Bertz CT molecular complexity index is 429. The predicted octanol–water partition coefficient (Wildman–Crippen LogP) is 3.72. The Morgan fingerprint density at radius 3 is 1.38 bits per heavy atom. The molecular weight excluding hydrogens is 411 g/mol. The summed E-state index contributed by atoms with van der Waals surface area (Å²) in [5.74, 6) is 0. The van der Waals surface area contributed by atoms with Crippen molar-refractivity contribution < 1.29 is 69.5 Å². The molecule has 0 heterocycles. The summed E-state index contributed by atoms with van der Waals surface area (Å²) >= 11 is 0. The van der Waals surface area contributed by atoms with Gasteiger partial charge in [0.2, 0.25) is 0 Å². The Morgan fingerprint density at radius 2 is 0.966 bits per heavy atom. The van der Waals surface area contributed by atoms with Gasteiger partial charge in [-0.2, -0.15) is 0 Å². The molecule has 0 aliphatic heterocycles. The second-order valence-corrected chi connectivity index (χ2v) is 10.2. The third-order valence-electron chi connectivity index (χ3n) is 5.74. The Morgan fingerprint density at radius 1 is 0.621 bits per heavy atom. The fourth-order valence-corrected chi connectivity index (χ4v) is 4.72. The molecule has 0 bridgehead atoms. The van der Waals surface area contributed by atoms with E-state index >= 15 is 0 Å². The van der Waals surface area contributed by atoms with Crippen molar-refractivity contribution in [2.24, 2.45) is 0 Å². The molecule has 0 rings (SSSR count). The second-order valence-electron chi connectivity index (χ2n) is 8.52. The largest absolute Gasteiger partial charge is 1.00 e. The fraction of sp³-hybridized carbons (Fsp3) is 1.00. The molecule has 1 N–H and O–H groups in total. The minimum Gasteiger partial charge on any atom is -0.748 e. The van der Waals surface area contributed by atoms with Crippen molar-refractivity contribution in [3.63, 3.8) is 0 Å². The number of aliphatic hydroxyl groups is 1. The molecule has 0 spiro atoms. The van der Waals surface area contributed by atoms with Crippen LogP contribution >= 0.6 is 0 Å². The molecular formula is C23H47KO4S. The monoisotopic (exact) mass is 458 g/mol. The second kappa shape index (κ2) is 22.7. The van der Waals surface area contributed by atoms with Gasteiger partial charge in [-0.25, -0.2) is 8.42 Å². The van der Waals surface area contributed by atoms with Gasteiger partial charge >= 0.3 is 51.4 Å². The van der Waals surface area contributed by atoms with Crippen molar-refractivity contribution in [3.05, 3.63) is 0 Å². The first-order valence-electron chi connectivity index (χ1n) is 12.0. The summed E-state index contributed by atoms with van der Waals surface area (Å²) < 4.78 is 33.8. The van der Waals surface area contributed by atoms with Gasteiger partial charge in [0, 0.05) is 5.25 Å². The van der Waals surface area contributed by atoms with Crippen molar-refractivity contribution >= 4 is 10.1 Å². The number of hydrogen-bond donors (Lipinski definition) is 1. The molecule has 0 amide bonds. The van der Waals surface area contributed by atoms with Crippen LogP contribution < -0.4 is 51.4 Å². The van der Waals surface area contributed by atoms with Crippen LogP contribution in [0.3, 0.4) is 0 Å². The Kier molecular flexibility index (Phi) is 25.6. The van der Waals surface area contributed by atoms with Crippen LogP contribution in [0.2, 0.25) is 0 Å². The van der Waals surface area contributed by atoms with E-state index in [-0.39, 0.29) is 57.5 Å². The van der Waals surface area contributed by atoms with E-state index in [0.29, 0.717) is 12.8 Å². The van der Waals surface area contributed by atoms with Gasteiger partial charge in [0.15, 0.2) is 0 Å². The number of aliphatic hydroxyl groups excluding tert-OH is 1. The van der Waals surface area contributed by atoms with E-state index < -0.39 is 15.4 Å². The van der Waals surface area contributed by atoms with Gasteiger partial charge < -0.3 is 9.66 Å². The SMILES string of the molecule is CCCCCCCCCC(O)CCCCCCCCC(CCCC)S(=O)(=O)[O-].[K+]. The standard InChI is InChI=1S/C23H48O4S.K/c1-3-5-7-8-9-12-15-18-22(24)19-16-13-10-11-14-17-21-23(20-6-4-2)28(25,26)27;/h22-24H,3-21H2,1-2H3,(H,25,26,27);/q;+1/p-1. The summed E-state index contributed by atoms with van der Waals surface area (Å²) in [6.45, 7) is 4.25. The Hall–Kier alpha value is 1.51. The molecule has 0 radical (unpaired) electrons. The average Bonchev–Trinajstić information content (AvgIpc) is 2.64. The molecule has 4 nitrogen and oxygen atoms in total. The number of unbranched alkanes of at least 4 members (excludes halogenated alkanes) is 12. The molecule has 0 aromatic carbocycles. The van der Waals surface area contributed by atoms with E-state index in [0.717, 1.165) is 70.6 Å². The summed E-state index contributed by atoms with van der Waals surface area (Å²) in [6, 6.07) is 0. The predicted molar refractivity (Wildman–Crippen MR) is 119 cm³/mol. The summed E-state index contributed by atoms with van der Waals surface area (Å²) in [5, 5.41) is 9.37. The molecule has 0 aromatic rings. The summed E-state index contributed by atoms with van der Waals surface area (Å²) in [5.41, 5.74) is 0. The molecule has 0 saturated carbocycles. The van der Waals surface area contributed by atoms with Crippen molar-refractivity contribution in [1.82, 2.24) is 0 Å². The summed E-state index contributed by atoms with van der Waals surface area (Å²) in [4.78, 5) is 0. The van der Waals surface area contributed by atoms with Crippen molar-refractivity contribution in [3.8, 4) is 0 Å². The first kappa shape index (κ1) is 32.7. The van der Waals surface area contributed by atoms with E-state index in [1.165, 1.54) is 38.5 Å². The molecule has 0 aliphatic carbocycles. The van der Waals surface area contributed by atoms with Crippen LogP contribution in [0, 0.1) is 0 Å². The fourth-order valence-electron chi connectivity index (χ4n) is 3.81. The van der Waals surface area contributed by atoms with Gasteiger partial charge in [-0.15, -0.1) is 0 Å². The van der Waals surface area contributed by atoms with Gasteiger partial charge in [0.1, 0.15) is 0 Å². The van der Waals surface area contributed by atoms with Gasteiger partial charge in [-0.1, -0.05) is 110 Å². The maximum atomic E-state index is 11.3. The number of hydrogen-bond acceptors (Lipinski definition) is 4. The zero-order chi connectivity index (χ0) is 21.1. The maximum absolute atomic E-state index is 11.3. The summed E-state index contributed by atoms with van der Waals surface area (Å²) in [6.07, 6.45) is 19.8. The van der Waals surface area contributed by atoms with Crippen LogP contribution in [-0.2, 0) is 10.1 Å². The van der Waals surface area contributed by atoms with Gasteiger partial charge in [-0.3, -0.25) is 0 Å². The van der Waals surface area contributed by atoms with Crippen LogP contribution in [0.15, 0.2) is 0 Å². The third-order valence-corrected chi connectivity index (χ3v) is 7.03. The zero-order valence-electron chi connectivity index (χ0n) is 19.7. The van der Waals surface area contributed by atoms with Crippen LogP contribution in [-0.4, -0.2) is 29.4 Å². The minimum atomic E-state index is -4.14. The Balaban J connectivity index is 0. The van der Waals surface area contributed by atoms with Crippen LogP contribution in [0.5, 0.6) is 0 Å². The van der Waals surface area contributed by atoms with Gasteiger partial charge in [-0.05, 0) is 25.7 Å². The smallest absolute Gasteiger partial charge is 0.748 e. The van der Waals surface area contributed by atoms with E-state index in [1.54, 1.807) is 0 Å². The van der Waals surface area contributed by atoms with E-state index in [4.69, 9.17) is 0 Å². The molecule has 0 aromatic heterocycles. The van der Waals surface area contributed by atoms with Crippen molar-refractivity contribution in [1.29, 1.82) is 0 Å². The maximum Gasteiger partial charge on any atom is 1.00 e. The quantitative estimate of drug-likeness (QED) is 0.162. The minimum absolute atomic E-state index is 0. The zero-order valence-corrected chi connectivity index (χ0v) is 23.6. The van der Waals surface area contributed by atoms with Gasteiger partial charge in [0.25, 0.3) is 0 Å².